The molecule has 0 saturated heterocycles. The first-order valence-electron chi connectivity index (χ1n) is 8.84. The number of amides is 1. The average Bonchev–Trinajstić information content (AvgIpc) is 3.13. The lowest BCUT2D eigenvalue weighted by Gasteiger charge is -2.07. The first-order valence-corrected chi connectivity index (χ1v) is 10.7. The van der Waals surface area contributed by atoms with E-state index < -0.39 is 21.6 Å². The zero-order valence-electron chi connectivity index (χ0n) is 15.7. The van der Waals surface area contributed by atoms with Gasteiger partial charge in [0.15, 0.2) is 9.84 Å². The number of sulfone groups is 1. The highest BCUT2D eigenvalue weighted by molar-refractivity contribution is 7.90. The number of fused-ring (bicyclic) bond motifs is 1. The fraction of sp³-hybridized carbons (Fsp3) is 0.0476. The first kappa shape index (κ1) is 19.6. The van der Waals surface area contributed by atoms with Crippen molar-refractivity contribution in [3.63, 3.8) is 0 Å². The van der Waals surface area contributed by atoms with Gasteiger partial charge in [0.05, 0.1) is 10.6 Å². The predicted molar refractivity (Wildman–Crippen MR) is 111 cm³/mol. The summed E-state index contributed by atoms with van der Waals surface area (Å²) in [6.07, 6.45) is 1.08. The Kier molecular flexibility index (Phi) is 4.75. The molecule has 0 aliphatic carbocycles. The van der Waals surface area contributed by atoms with Crippen LogP contribution < -0.4 is 10.9 Å². The van der Waals surface area contributed by atoms with E-state index in [9.17, 15) is 22.4 Å². The summed E-state index contributed by atoms with van der Waals surface area (Å²) in [5, 5.41) is 3.25. The highest BCUT2D eigenvalue weighted by Gasteiger charge is 2.15. The Morgan fingerprint density at radius 1 is 1.03 bits per heavy atom. The molecule has 0 atom stereocenters. The van der Waals surface area contributed by atoms with Crippen LogP contribution in [0.3, 0.4) is 0 Å². The van der Waals surface area contributed by atoms with Crippen LogP contribution in [0.25, 0.3) is 16.7 Å². The summed E-state index contributed by atoms with van der Waals surface area (Å²) in [6.45, 7) is 0. The molecular formula is C21H16FN3O4S. The molecule has 4 aromatic rings. The largest absolute Gasteiger partial charge is 0.336 e. The Labute approximate surface area is 170 Å². The van der Waals surface area contributed by atoms with Crippen molar-refractivity contribution in [2.45, 2.75) is 4.90 Å². The number of anilines is 1. The quantitative estimate of drug-likeness (QED) is 0.525. The minimum atomic E-state index is -3.41. The lowest BCUT2D eigenvalue weighted by atomic mass is 10.2. The molecule has 0 fully saturated rings. The van der Waals surface area contributed by atoms with E-state index in [4.69, 9.17) is 0 Å². The van der Waals surface area contributed by atoms with Gasteiger partial charge in [-0.05, 0) is 54.6 Å². The van der Waals surface area contributed by atoms with E-state index in [1.165, 1.54) is 53.1 Å². The van der Waals surface area contributed by atoms with Crippen LogP contribution in [0.5, 0.6) is 0 Å². The van der Waals surface area contributed by atoms with Crippen LogP contribution in [-0.4, -0.2) is 30.1 Å². The third kappa shape index (κ3) is 3.74. The first-order chi connectivity index (χ1) is 14.2. The van der Waals surface area contributed by atoms with E-state index in [0.717, 1.165) is 6.26 Å². The molecule has 7 nitrogen and oxygen atoms in total. The summed E-state index contributed by atoms with van der Waals surface area (Å²) in [5.41, 5.74) is 0.975. The minimum Gasteiger partial charge on any atom is -0.336 e. The van der Waals surface area contributed by atoms with Gasteiger partial charge < -0.3 is 10.3 Å². The molecule has 30 heavy (non-hydrogen) atoms. The summed E-state index contributed by atoms with van der Waals surface area (Å²) in [6, 6.07) is 15.8. The topological polar surface area (TPSA) is 101 Å². The third-order valence-electron chi connectivity index (χ3n) is 4.53. The van der Waals surface area contributed by atoms with E-state index in [1.54, 1.807) is 18.2 Å². The molecule has 9 heteroatoms. The van der Waals surface area contributed by atoms with Crippen LogP contribution in [0.4, 0.5) is 10.1 Å². The number of aromatic amines is 1. The van der Waals surface area contributed by atoms with Gasteiger partial charge in [-0.3, -0.25) is 14.2 Å². The Morgan fingerprint density at radius 3 is 2.47 bits per heavy atom. The van der Waals surface area contributed by atoms with Crippen molar-refractivity contribution in [2.75, 3.05) is 11.6 Å². The third-order valence-corrected chi connectivity index (χ3v) is 5.64. The van der Waals surface area contributed by atoms with E-state index in [1.807, 2.05) is 0 Å². The van der Waals surface area contributed by atoms with Gasteiger partial charge >= 0.3 is 0 Å². The van der Waals surface area contributed by atoms with E-state index in [-0.39, 0.29) is 16.1 Å². The number of nitrogens with zero attached hydrogens (tertiary/aromatic N) is 1. The molecule has 0 bridgehead atoms. The molecule has 1 amide bonds. The number of carbonyl (C=O) groups excluding carboxylic acids is 1. The molecule has 2 aromatic carbocycles. The number of pyridine rings is 1. The molecule has 0 radical (unpaired) electrons. The van der Waals surface area contributed by atoms with Crippen molar-refractivity contribution in [1.82, 2.24) is 9.55 Å². The molecule has 152 valence electrons. The lowest BCUT2D eigenvalue weighted by Crippen LogP contribution is -2.17. The smallest absolute Gasteiger partial charge is 0.272 e. The maximum Gasteiger partial charge on any atom is 0.272 e. The van der Waals surface area contributed by atoms with E-state index in [2.05, 4.69) is 10.3 Å². The highest BCUT2D eigenvalue weighted by atomic mass is 32.2. The Hall–Kier alpha value is -3.72. The standard InChI is InChI=1S/C21H16FN3O4S/c1-30(28,29)17-4-2-3-15(12-17)23-21(27)18-11-13-5-10-19(26)25(20(13)24-18)16-8-6-14(22)7-9-16/h2-12,24H,1H3,(H,23,27). The van der Waals surface area contributed by atoms with E-state index in [0.29, 0.717) is 22.4 Å². The fourth-order valence-electron chi connectivity index (χ4n) is 3.09. The lowest BCUT2D eigenvalue weighted by molar-refractivity contribution is 0.102. The van der Waals surface area contributed by atoms with Crippen LogP contribution in [0.1, 0.15) is 10.5 Å². The molecule has 0 aliphatic heterocycles. The number of halogens is 1. The second-order valence-electron chi connectivity index (χ2n) is 6.72. The average molecular weight is 425 g/mol. The van der Waals surface area contributed by atoms with Crippen molar-refractivity contribution >= 4 is 32.5 Å². The normalized spacial score (nSPS) is 11.5. The number of carbonyl (C=O) groups is 1. The number of nitrogens with one attached hydrogen (secondary N) is 2. The monoisotopic (exact) mass is 425 g/mol. The predicted octanol–water partition coefficient (Wildman–Crippen LogP) is 3.11. The van der Waals surface area contributed by atoms with Crippen LogP contribution in [0, 0.1) is 5.82 Å². The molecule has 2 aromatic heterocycles. The maximum atomic E-state index is 13.3. The van der Waals surface area contributed by atoms with Gasteiger partial charge in [0.1, 0.15) is 17.2 Å². The summed E-state index contributed by atoms with van der Waals surface area (Å²) in [4.78, 5) is 28.1. The van der Waals surface area contributed by atoms with E-state index >= 15 is 0 Å². The summed E-state index contributed by atoms with van der Waals surface area (Å²) >= 11 is 0. The van der Waals surface area contributed by atoms with Gasteiger partial charge in [-0.15, -0.1) is 0 Å². The number of H-pyrrole nitrogens is 1. The Bertz CT molecular complexity index is 1440. The van der Waals surface area contributed by atoms with Crippen LogP contribution in [-0.2, 0) is 9.84 Å². The zero-order chi connectivity index (χ0) is 21.5. The van der Waals surface area contributed by atoms with Gasteiger partial charge in [-0.2, -0.15) is 0 Å². The summed E-state index contributed by atoms with van der Waals surface area (Å²) in [7, 11) is -3.41. The van der Waals surface area contributed by atoms with Gasteiger partial charge in [0.25, 0.3) is 11.5 Å². The minimum absolute atomic E-state index is 0.0853. The molecule has 4 rings (SSSR count). The highest BCUT2D eigenvalue weighted by Crippen LogP contribution is 2.20. The number of aromatic nitrogens is 2. The fourth-order valence-corrected chi connectivity index (χ4v) is 3.76. The van der Waals surface area contributed by atoms with Gasteiger partial charge in [-0.25, -0.2) is 12.8 Å². The second kappa shape index (κ2) is 7.27. The van der Waals surface area contributed by atoms with Crippen molar-refractivity contribution < 1.29 is 17.6 Å². The van der Waals surface area contributed by atoms with Crippen LogP contribution in [0.2, 0.25) is 0 Å². The zero-order valence-corrected chi connectivity index (χ0v) is 16.5. The second-order valence-corrected chi connectivity index (χ2v) is 8.74. The Balaban J connectivity index is 1.72. The van der Waals surface area contributed by atoms with Crippen LogP contribution >= 0.6 is 0 Å². The van der Waals surface area contributed by atoms with Crippen LogP contribution in [0.15, 0.2) is 76.4 Å². The van der Waals surface area contributed by atoms with Gasteiger partial charge in [0, 0.05) is 23.4 Å². The molecule has 0 aliphatic rings. The number of hydrogen-bond donors (Lipinski definition) is 2. The maximum absolute atomic E-state index is 13.3. The summed E-state index contributed by atoms with van der Waals surface area (Å²) in [5.74, 6) is -0.934. The summed E-state index contributed by atoms with van der Waals surface area (Å²) < 4.78 is 38.0. The van der Waals surface area contributed by atoms with Crippen molar-refractivity contribution in [1.29, 1.82) is 0 Å². The van der Waals surface area contributed by atoms with Crippen molar-refractivity contribution in [2.24, 2.45) is 0 Å². The molecule has 0 spiro atoms. The van der Waals surface area contributed by atoms with Crippen molar-refractivity contribution in [3.05, 3.63) is 88.6 Å². The molecule has 0 saturated carbocycles. The number of hydrogen-bond acceptors (Lipinski definition) is 4. The SMILES string of the molecule is CS(=O)(=O)c1cccc(NC(=O)c2cc3ccc(=O)n(-c4ccc(F)cc4)c3[nH]2)c1. The Morgan fingerprint density at radius 2 is 1.77 bits per heavy atom. The molecule has 2 heterocycles. The number of rotatable bonds is 4. The number of benzene rings is 2. The van der Waals surface area contributed by atoms with Gasteiger partial charge in [-0.1, -0.05) is 6.07 Å². The molecule has 2 N–H and O–H groups in total. The molecular weight excluding hydrogens is 409 g/mol. The molecule has 0 unspecified atom stereocenters. The van der Waals surface area contributed by atoms with Gasteiger partial charge in [0.2, 0.25) is 0 Å². The van der Waals surface area contributed by atoms with Crippen molar-refractivity contribution in [3.8, 4) is 5.69 Å².